The summed E-state index contributed by atoms with van der Waals surface area (Å²) in [7, 11) is 0. The molecule has 3 atom stereocenters. The first-order chi connectivity index (χ1) is 9.13. The van der Waals surface area contributed by atoms with E-state index in [0.29, 0.717) is 22.9 Å². The maximum Gasteiger partial charge on any atom is 0.127 e. The van der Waals surface area contributed by atoms with Crippen LogP contribution in [0.4, 0.5) is 4.39 Å². The molecule has 0 bridgehead atoms. The Morgan fingerprint density at radius 3 is 2.89 bits per heavy atom. The SMILES string of the molecule is CCNC(Cc1c(F)cccc1Cl)C1OCCC1C. The van der Waals surface area contributed by atoms with E-state index >= 15 is 0 Å². The number of benzene rings is 1. The molecule has 2 nitrogen and oxygen atoms in total. The molecular weight excluding hydrogens is 265 g/mol. The average molecular weight is 286 g/mol. The van der Waals surface area contributed by atoms with Crippen molar-refractivity contribution in [2.24, 2.45) is 5.92 Å². The molecule has 19 heavy (non-hydrogen) atoms. The van der Waals surface area contributed by atoms with E-state index in [9.17, 15) is 4.39 Å². The highest BCUT2D eigenvalue weighted by Crippen LogP contribution is 2.27. The summed E-state index contributed by atoms with van der Waals surface area (Å²) >= 11 is 6.11. The molecule has 0 radical (unpaired) electrons. The maximum absolute atomic E-state index is 13.9. The highest BCUT2D eigenvalue weighted by atomic mass is 35.5. The van der Waals surface area contributed by atoms with Crippen LogP contribution in [0.2, 0.25) is 5.02 Å². The summed E-state index contributed by atoms with van der Waals surface area (Å²) < 4.78 is 19.7. The Balaban J connectivity index is 2.16. The summed E-state index contributed by atoms with van der Waals surface area (Å²) in [6.45, 7) is 5.86. The van der Waals surface area contributed by atoms with Gasteiger partial charge in [-0.25, -0.2) is 4.39 Å². The number of nitrogens with one attached hydrogen (secondary N) is 1. The van der Waals surface area contributed by atoms with Crippen molar-refractivity contribution in [1.82, 2.24) is 5.32 Å². The van der Waals surface area contributed by atoms with Gasteiger partial charge in [0.2, 0.25) is 0 Å². The number of ether oxygens (including phenoxy) is 1. The van der Waals surface area contributed by atoms with Crippen molar-refractivity contribution in [2.75, 3.05) is 13.2 Å². The summed E-state index contributed by atoms with van der Waals surface area (Å²) in [5.41, 5.74) is 0.581. The fraction of sp³-hybridized carbons (Fsp3) is 0.600. The van der Waals surface area contributed by atoms with E-state index in [0.717, 1.165) is 19.6 Å². The lowest BCUT2D eigenvalue weighted by Crippen LogP contribution is -2.44. The number of rotatable bonds is 5. The largest absolute Gasteiger partial charge is 0.376 e. The normalized spacial score (nSPS) is 24.6. The Morgan fingerprint density at radius 1 is 1.53 bits per heavy atom. The lowest BCUT2D eigenvalue weighted by Gasteiger charge is -2.27. The monoisotopic (exact) mass is 285 g/mol. The van der Waals surface area contributed by atoms with E-state index in [1.54, 1.807) is 12.1 Å². The van der Waals surface area contributed by atoms with Gasteiger partial charge in [-0.3, -0.25) is 0 Å². The zero-order valence-corrected chi connectivity index (χ0v) is 12.2. The third kappa shape index (κ3) is 3.47. The molecule has 1 aliphatic heterocycles. The van der Waals surface area contributed by atoms with Gasteiger partial charge < -0.3 is 10.1 Å². The van der Waals surface area contributed by atoms with Gasteiger partial charge in [-0.15, -0.1) is 0 Å². The van der Waals surface area contributed by atoms with Gasteiger partial charge >= 0.3 is 0 Å². The van der Waals surface area contributed by atoms with Crippen molar-refractivity contribution in [3.8, 4) is 0 Å². The molecule has 1 aromatic carbocycles. The van der Waals surface area contributed by atoms with Crippen LogP contribution in [-0.2, 0) is 11.2 Å². The quantitative estimate of drug-likeness (QED) is 0.895. The molecule has 1 fully saturated rings. The van der Waals surface area contributed by atoms with Gasteiger partial charge in [0.1, 0.15) is 5.82 Å². The molecule has 0 spiro atoms. The Labute approximate surface area is 119 Å². The second-order valence-electron chi connectivity index (χ2n) is 5.17. The smallest absolute Gasteiger partial charge is 0.127 e. The fourth-order valence-electron chi connectivity index (χ4n) is 2.75. The molecule has 2 rings (SSSR count). The summed E-state index contributed by atoms with van der Waals surface area (Å²) in [6.07, 6.45) is 1.77. The Bertz CT molecular complexity index is 406. The molecule has 106 valence electrons. The van der Waals surface area contributed by atoms with Crippen LogP contribution in [0, 0.1) is 11.7 Å². The molecule has 1 saturated heterocycles. The zero-order chi connectivity index (χ0) is 13.8. The number of hydrogen-bond acceptors (Lipinski definition) is 2. The van der Waals surface area contributed by atoms with E-state index in [4.69, 9.17) is 16.3 Å². The minimum atomic E-state index is -0.235. The van der Waals surface area contributed by atoms with Crippen LogP contribution in [0.1, 0.15) is 25.8 Å². The Hall–Kier alpha value is -0.640. The fourth-order valence-corrected chi connectivity index (χ4v) is 2.99. The van der Waals surface area contributed by atoms with Crippen LogP contribution in [0.5, 0.6) is 0 Å². The Morgan fingerprint density at radius 2 is 2.32 bits per heavy atom. The molecule has 0 aliphatic carbocycles. The van der Waals surface area contributed by atoms with Gasteiger partial charge in [0.15, 0.2) is 0 Å². The van der Waals surface area contributed by atoms with Crippen LogP contribution in [0.25, 0.3) is 0 Å². The Kier molecular flexibility index (Phi) is 5.20. The first kappa shape index (κ1) is 14.8. The van der Waals surface area contributed by atoms with Gasteiger partial charge in [0, 0.05) is 23.2 Å². The molecule has 1 N–H and O–H groups in total. The van der Waals surface area contributed by atoms with E-state index in [-0.39, 0.29) is 18.0 Å². The summed E-state index contributed by atoms with van der Waals surface area (Å²) in [5.74, 6) is 0.260. The standard InChI is InChI=1S/C15H21ClFNO/c1-3-18-14(15-10(2)7-8-19-15)9-11-12(16)5-4-6-13(11)17/h4-6,10,14-15,18H,3,7-9H2,1-2H3. The number of likely N-dealkylation sites (N-methyl/N-ethyl adjacent to an activating group) is 1. The second kappa shape index (κ2) is 6.69. The van der Waals surface area contributed by atoms with Crippen LogP contribution >= 0.6 is 11.6 Å². The van der Waals surface area contributed by atoms with Gasteiger partial charge in [-0.1, -0.05) is 31.5 Å². The number of hydrogen-bond donors (Lipinski definition) is 1. The van der Waals surface area contributed by atoms with E-state index in [1.165, 1.54) is 6.07 Å². The highest BCUT2D eigenvalue weighted by molar-refractivity contribution is 6.31. The predicted molar refractivity (Wildman–Crippen MR) is 76.1 cm³/mol. The average Bonchev–Trinajstić information content (AvgIpc) is 2.79. The van der Waals surface area contributed by atoms with Gasteiger partial charge in [0.05, 0.1) is 6.10 Å². The van der Waals surface area contributed by atoms with Crippen molar-refractivity contribution >= 4 is 11.6 Å². The van der Waals surface area contributed by atoms with E-state index in [1.807, 2.05) is 0 Å². The molecule has 1 aliphatic rings. The maximum atomic E-state index is 13.9. The molecule has 1 heterocycles. The molecule has 0 saturated carbocycles. The molecule has 0 amide bonds. The van der Waals surface area contributed by atoms with Crippen molar-refractivity contribution < 1.29 is 9.13 Å². The predicted octanol–water partition coefficient (Wildman–Crippen LogP) is 3.42. The third-order valence-corrected chi connectivity index (χ3v) is 4.15. The van der Waals surface area contributed by atoms with Gasteiger partial charge in [-0.2, -0.15) is 0 Å². The second-order valence-corrected chi connectivity index (χ2v) is 5.58. The lowest BCUT2D eigenvalue weighted by molar-refractivity contribution is 0.0613. The van der Waals surface area contributed by atoms with Crippen LogP contribution < -0.4 is 5.32 Å². The van der Waals surface area contributed by atoms with Gasteiger partial charge in [0.25, 0.3) is 0 Å². The van der Waals surface area contributed by atoms with Crippen LogP contribution in [0.3, 0.4) is 0 Å². The van der Waals surface area contributed by atoms with E-state index in [2.05, 4.69) is 19.2 Å². The van der Waals surface area contributed by atoms with Crippen molar-refractivity contribution in [1.29, 1.82) is 0 Å². The van der Waals surface area contributed by atoms with Crippen molar-refractivity contribution in [3.63, 3.8) is 0 Å². The van der Waals surface area contributed by atoms with Gasteiger partial charge in [-0.05, 0) is 37.4 Å². The molecule has 4 heteroatoms. The minimum Gasteiger partial charge on any atom is -0.376 e. The first-order valence-corrected chi connectivity index (χ1v) is 7.29. The minimum absolute atomic E-state index is 0.108. The van der Waals surface area contributed by atoms with Crippen molar-refractivity contribution in [3.05, 3.63) is 34.6 Å². The molecule has 0 aromatic heterocycles. The summed E-state index contributed by atoms with van der Waals surface area (Å²) in [6, 6.07) is 4.94. The topological polar surface area (TPSA) is 21.3 Å². The third-order valence-electron chi connectivity index (χ3n) is 3.79. The lowest BCUT2D eigenvalue weighted by atomic mass is 9.92. The first-order valence-electron chi connectivity index (χ1n) is 6.91. The number of halogens is 2. The van der Waals surface area contributed by atoms with Crippen molar-refractivity contribution in [2.45, 2.75) is 38.8 Å². The molecule has 1 aromatic rings. The van der Waals surface area contributed by atoms with Crippen LogP contribution in [-0.4, -0.2) is 25.3 Å². The zero-order valence-electron chi connectivity index (χ0n) is 11.5. The molecule has 3 unspecified atom stereocenters. The molecular formula is C15H21ClFNO. The van der Waals surface area contributed by atoms with Crippen LogP contribution in [0.15, 0.2) is 18.2 Å². The summed E-state index contributed by atoms with van der Waals surface area (Å²) in [4.78, 5) is 0. The van der Waals surface area contributed by atoms with E-state index < -0.39 is 0 Å². The summed E-state index contributed by atoms with van der Waals surface area (Å²) in [5, 5.41) is 3.90. The highest BCUT2D eigenvalue weighted by Gasteiger charge is 2.32.